The highest BCUT2D eigenvalue weighted by atomic mass is 16.5. The molecule has 0 unspecified atom stereocenters. The molecule has 0 atom stereocenters. The van der Waals surface area contributed by atoms with Crippen molar-refractivity contribution in [1.82, 2.24) is 4.90 Å². The first-order valence-electron chi connectivity index (χ1n) is 5.39. The van der Waals surface area contributed by atoms with Crippen LogP contribution in [0.2, 0.25) is 0 Å². The third kappa shape index (κ3) is 2.30. The van der Waals surface area contributed by atoms with Gasteiger partial charge in [0.05, 0.1) is 6.61 Å². The minimum Gasteiger partial charge on any atom is -0.398 e. The zero-order valence-electron chi connectivity index (χ0n) is 9.20. The van der Waals surface area contributed by atoms with E-state index in [1.165, 1.54) is 11.1 Å². The van der Waals surface area contributed by atoms with Gasteiger partial charge in [-0.3, -0.25) is 4.90 Å². The molecule has 0 fully saturated rings. The van der Waals surface area contributed by atoms with E-state index in [1.807, 2.05) is 12.1 Å². The Labute approximate surface area is 90.8 Å². The molecule has 0 aliphatic carbocycles. The Hall–Kier alpha value is -1.06. The number of rotatable bonds is 3. The number of benzene rings is 1. The Balaban J connectivity index is 2.08. The van der Waals surface area contributed by atoms with Crippen LogP contribution >= 0.6 is 0 Å². The largest absolute Gasteiger partial charge is 0.398 e. The average Bonchev–Trinajstić information content (AvgIpc) is 2.27. The van der Waals surface area contributed by atoms with Gasteiger partial charge >= 0.3 is 0 Å². The van der Waals surface area contributed by atoms with Gasteiger partial charge in [0, 0.05) is 32.4 Å². The van der Waals surface area contributed by atoms with Crippen molar-refractivity contribution < 1.29 is 4.74 Å². The van der Waals surface area contributed by atoms with E-state index in [1.54, 1.807) is 7.11 Å². The first-order valence-corrected chi connectivity index (χ1v) is 5.39. The molecule has 82 valence electrons. The molecular formula is C12H18N2O. The molecule has 0 spiro atoms. The molecule has 0 saturated heterocycles. The molecular weight excluding hydrogens is 188 g/mol. The Morgan fingerprint density at radius 3 is 3.13 bits per heavy atom. The second-order valence-electron chi connectivity index (χ2n) is 4.00. The van der Waals surface area contributed by atoms with Gasteiger partial charge in [0.15, 0.2) is 0 Å². The first-order chi connectivity index (χ1) is 7.31. The second kappa shape index (κ2) is 4.64. The van der Waals surface area contributed by atoms with E-state index in [9.17, 15) is 0 Å². The summed E-state index contributed by atoms with van der Waals surface area (Å²) in [6.45, 7) is 3.86. The number of nitrogen functional groups attached to an aromatic ring is 1. The maximum absolute atomic E-state index is 5.97. The maximum atomic E-state index is 5.97. The topological polar surface area (TPSA) is 38.5 Å². The van der Waals surface area contributed by atoms with Gasteiger partial charge in [-0.25, -0.2) is 0 Å². The lowest BCUT2D eigenvalue weighted by atomic mass is 9.98. The van der Waals surface area contributed by atoms with Crippen LogP contribution in [0.15, 0.2) is 18.2 Å². The summed E-state index contributed by atoms with van der Waals surface area (Å²) in [5, 5.41) is 0. The average molecular weight is 206 g/mol. The lowest BCUT2D eigenvalue weighted by Crippen LogP contribution is -2.33. The fraction of sp³-hybridized carbons (Fsp3) is 0.500. The summed E-state index contributed by atoms with van der Waals surface area (Å²) in [5.74, 6) is 0. The van der Waals surface area contributed by atoms with Crippen LogP contribution in [-0.2, 0) is 17.7 Å². The van der Waals surface area contributed by atoms with Gasteiger partial charge in [-0.15, -0.1) is 0 Å². The normalized spacial score (nSPS) is 16.3. The van der Waals surface area contributed by atoms with Crippen LogP contribution < -0.4 is 5.73 Å². The van der Waals surface area contributed by atoms with E-state index >= 15 is 0 Å². The van der Waals surface area contributed by atoms with Gasteiger partial charge in [-0.05, 0) is 23.6 Å². The Kier molecular flexibility index (Phi) is 3.23. The van der Waals surface area contributed by atoms with Crippen LogP contribution in [0, 0.1) is 0 Å². The molecule has 15 heavy (non-hydrogen) atoms. The second-order valence-corrected chi connectivity index (χ2v) is 4.00. The lowest BCUT2D eigenvalue weighted by Gasteiger charge is -2.29. The zero-order valence-corrected chi connectivity index (χ0v) is 9.20. The third-order valence-corrected chi connectivity index (χ3v) is 3.00. The summed E-state index contributed by atoms with van der Waals surface area (Å²) < 4.78 is 5.09. The third-order valence-electron chi connectivity index (χ3n) is 3.00. The minimum absolute atomic E-state index is 0.794. The molecule has 1 aromatic rings. The number of hydrogen-bond donors (Lipinski definition) is 1. The predicted molar refractivity (Wildman–Crippen MR) is 61.7 cm³/mol. The molecule has 1 aliphatic rings. The number of fused-ring (bicyclic) bond motifs is 1. The van der Waals surface area contributed by atoms with Crippen molar-refractivity contribution in [3.63, 3.8) is 0 Å². The van der Waals surface area contributed by atoms with Crippen molar-refractivity contribution in [2.45, 2.75) is 13.0 Å². The Bertz CT molecular complexity index is 338. The molecule has 2 N–H and O–H groups in total. The highest BCUT2D eigenvalue weighted by Crippen LogP contribution is 2.23. The van der Waals surface area contributed by atoms with Gasteiger partial charge in [-0.1, -0.05) is 12.1 Å². The number of hydrogen-bond acceptors (Lipinski definition) is 3. The van der Waals surface area contributed by atoms with Crippen molar-refractivity contribution in [1.29, 1.82) is 0 Å². The number of methoxy groups -OCH3 is 1. The van der Waals surface area contributed by atoms with E-state index in [4.69, 9.17) is 10.5 Å². The lowest BCUT2D eigenvalue weighted by molar-refractivity contribution is 0.141. The first kappa shape index (κ1) is 10.5. The SMILES string of the molecule is COCCN1CCc2cccc(N)c2C1. The minimum atomic E-state index is 0.794. The molecule has 1 heterocycles. The quantitative estimate of drug-likeness (QED) is 0.757. The highest BCUT2D eigenvalue weighted by molar-refractivity contribution is 5.51. The Morgan fingerprint density at radius 1 is 1.47 bits per heavy atom. The number of anilines is 1. The summed E-state index contributed by atoms with van der Waals surface area (Å²) in [4.78, 5) is 2.39. The van der Waals surface area contributed by atoms with Crippen LogP contribution in [0.5, 0.6) is 0 Å². The van der Waals surface area contributed by atoms with Gasteiger partial charge in [-0.2, -0.15) is 0 Å². The van der Waals surface area contributed by atoms with Crippen molar-refractivity contribution in [2.75, 3.05) is 32.5 Å². The Morgan fingerprint density at radius 2 is 2.33 bits per heavy atom. The number of ether oxygens (including phenoxy) is 1. The van der Waals surface area contributed by atoms with Gasteiger partial charge in [0.2, 0.25) is 0 Å². The van der Waals surface area contributed by atoms with Crippen molar-refractivity contribution in [3.8, 4) is 0 Å². The standard InChI is InChI=1S/C12H18N2O/c1-15-8-7-14-6-5-10-3-2-4-12(13)11(10)9-14/h2-4H,5-9,13H2,1H3. The molecule has 1 aliphatic heterocycles. The fourth-order valence-electron chi connectivity index (χ4n) is 2.07. The highest BCUT2D eigenvalue weighted by Gasteiger charge is 2.17. The molecule has 2 rings (SSSR count). The maximum Gasteiger partial charge on any atom is 0.0589 e. The summed E-state index contributed by atoms with van der Waals surface area (Å²) >= 11 is 0. The van der Waals surface area contributed by atoms with E-state index < -0.39 is 0 Å². The summed E-state index contributed by atoms with van der Waals surface area (Å²) in [7, 11) is 1.74. The van der Waals surface area contributed by atoms with Gasteiger partial charge in [0.25, 0.3) is 0 Å². The molecule has 3 nitrogen and oxygen atoms in total. The number of nitrogens with two attached hydrogens (primary N) is 1. The molecule has 0 bridgehead atoms. The fourth-order valence-corrected chi connectivity index (χ4v) is 2.07. The smallest absolute Gasteiger partial charge is 0.0589 e. The molecule has 0 radical (unpaired) electrons. The van der Waals surface area contributed by atoms with Crippen LogP contribution in [-0.4, -0.2) is 31.7 Å². The monoisotopic (exact) mass is 206 g/mol. The van der Waals surface area contributed by atoms with Crippen LogP contribution in [0.1, 0.15) is 11.1 Å². The predicted octanol–water partition coefficient (Wildman–Crippen LogP) is 1.27. The molecule has 0 saturated carbocycles. The van der Waals surface area contributed by atoms with Crippen LogP contribution in [0.4, 0.5) is 5.69 Å². The molecule has 1 aromatic carbocycles. The van der Waals surface area contributed by atoms with Crippen LogP contribution in [0.25, 0.3) is 0 Å². The van der Waals surface area contributed by atoms with Crippen molar-refractivity contribution in [3.05, 3.63) is 29.3 Å². The van der Waals surface area contributed by atoms with Crippen molar-refractivity contribution in [2.24, 2.45) is 0 Å². The molecule has 3 heteroatoms. The van der Waals surface area contributed by atoms with E-state index in [2.05, 4.69) is 11.0 Å². The van der Waals surface area contributed by atoms with E-state index in [0.29, 0.717) is 0 Å². The van der Waals surface area contributed by atoms with Crippen molar-refractivity contribution >= 4 is 5.69 Å². The number of nitrogens with zero attached hydrogens (tertiary/aromatic N) is 1. The summed E-state index contributed by atoms with van der Waals surface area (Å²) in [6.07, 6.45) is 1.10. The van der Waals surface area contributed by atoms with Gasteiger partial charge in [0.1, 0.15) is 0 Å². The summed E-state index contributed by atoms with van der Waals surface area (Å²) in [6, 6.07) is 6.21. The molecule has 0 aromatic heterocycles. The zero-order chi connectivity index (χ0) is 10.7. The summed E-state index contributed by atoms with van der Waals surface area (Å²) in [5.41, 5.74) is 9.61. The molecule has 0 amide bonds. The van der Waals surface area contributed by atoms with E-state index in [0.717, 1.165) is 38.3 Å². The van der Waals surface area contributed by atoms with Gasteiger partial charge < -0.3 is 10.5 Å². The van der Waals surface area contributed by atoms with E-state index in [-0.39, 0.29) is 0 Å². The van der Waals surface area contributed by atoms with Crippen LogP contribution in [0.3, 0.4) is 0 Å².